The van der Waals surface area contributed by atoms with Gasteiger partial charge in [-0.1, -0.05) is 46.7 Å². The number of aryl methyl sites for hydroxylation is 1. The van der Waals surface area contributed by atoms with Gasteiger partial charge in [0.2, 0.25) is 5.91 Å². The number of thioether (sulfide) groups is 1. The van der Waals surface area contributed by atoms with Crippen LogP contribution in [0.25, 0.3) is 10.9 Å². The number of methoxy groups -OCH3 is 1. The Morgan fingerprint density at radius 3 is 2.67 bits per heavy atom. The molecule has 0 bridgehead atoms. The topological polar surface area (TPSA) is 51.2 Å². The second-order valence-corrected chi connectivity index (χ2v) is 8.28. The second-order valence-electron chi connectivity index (χ2n) is 6.14. The molecular formula is C21H21BrN2O2S. The van der Waals surface area contributed by atoms with E-state index in [0.717, 1.165) is 37.4 Å². The fourth-order valence-corrected chi connectivity index (χ4v) is 4.09. The van der Waals surface area contributed by atoms with Gasteiger partial charge >= 0.3 is 0 Å². The number of hydrogen-bond acceptors (Lipinski definition) is 4. The van der Waals surface area contributed by atoms with Crippen LogP contribution in [0.15, 0.2) is 58.0 Å². The Morgan fingerprint density at radius 1 is 1.26 bits per heavy atom. The lowest BCUT2D eigenvalue weighted by Crippen LogP contribution is -2.24. The monoisotopic (exact) mass is 444 g/mol. The van der Waals surface area contributed by atoms with Crippen LogP contribution >= 0.6 is 27.7 Å². The molecule has 0 saturated heterocycles. The van der Waals surface area contributed by atoms with Crippen molar-refractivity contribution in [2.45, 2.75) is 30.5 Å². The number of rotatable bonds is 6. The van der Waals surface area contributed by atoms with Crippen molar-refractivity contribution in [3.63, 3.8) is 0 Å². The van der Waals surface area contributed by atoms with Crippen LogP contribution in [0.3, 0.4) is 0 Å². The first-order chi connectivity index (χ1) is 13.0. The highest BCUT2D eigenvalue weighted by molar-refractivity contribution is 9.10. The van der Waals surface area contributed by atoms with Crippen LogP contribution in [0.1, 0.15) is 18.9 Å². The van der Waals surface area contributed by atoms with Crippen LogP contribution in [0.5, 0.6) is 5.75 Å². The number of nitrogens with zero attached hydrogens (tertiary/aromatic N) is 1. The van der Waals surface area contributed by atoms with E-state index in [1.165, 1.54) is 11.8 Å². The van der Waals surface area contributed by atoms with Gasteiger partial charge in [0.05, 0.1) is 17.4 Å². The molecule has 4 nitrogen and oxygen atoms in total. The molecule has 0 saturated carbocycles. The molecule has 3 aromatic rings. The first kappa shape index (κ1) is 19.7. The smallest absolute Gasteiger partial charge is 0.237 e. The molecule has 6 heteroatoms. The van der Waals surface area contributed by atoms with Gasteiger partial charge in [-0.05, 0) is 55.3 Å². The number of nitrogens with one attached hydrogen (secondary N) is 1. The molecule has 0 aliphatic heterocycles. The number of para-hydroxylation sites is 1. The maximum atomic E-state index is 12.7. The Bertz CT molecular complexity index is 960. The summed E-state index contributed by atoms with van der Waals surface area (Å²) in [6, 6.07) is 15.5. The van der Waals surface area contributed by atoms with Gasteiger partial charge in [0.1, 0.15) is 11.3 Å². The first-order valence-corrected chi connectivity index (χ1v) is 10.4. The van der Waals surface area contributed by atoms with Crippen molar-refractivity contribution in [3.05, 3.63) is 58.6 Å². The number of fused-ring (bicyclic) bond motifs is 1. The minimum atomic E-state index is -0.229. The fourth-order valence-electron chi connectivity index (χ4n) is 2.81. The molecule has 2 aromatic carbocycles. The number of ether oxygens (including phenoxy) is 1. The van der Waals surface area contributed by atoms with E-state index in [1.54, 1.807) is 7.11 Å². The molecule has 0 spiro atoms. The number of amides is 1. The standard InChI is InChI=1S/C21H21BrN2O2S/c1-4-18(21(25)23-15-10-8-14(22)9-11-15)27-19-12-13(2)16-6-5-7-17(26-3)20(16)24-19/h5-12,18H,4H2,1-3H3,(H,23,25). The molecule has 1 unspecified atom stereocenters. The minimum Gasteiger partial charge on any atom is -0.494 e. The Balaban J connectivity index is 1.83. The SMILES string of the molecule is CCC(Sc1cc(C)c2cccc(OC)c2n1)C(=O)Nc1ccc(Br)cc1. The van der Waals surface area contributed by atoms with Crippen molar-refractivity contribution < 1.29 is 9.53 Å². The third-order valence-electron chi connectivity index (χ3n) is 4.24. The van der Waals surface area contributed by atoms with Crippen molar-refractivity contribution in [2.24, 2.45) is 0 Å². The number of carbonyl (C=O) groups excluding carboxylic acids is 1. The van der Waals surface area contributed by atoms with Crippen molar-refractivity contribution in [1.29, 1.82) is 0 Å². The van der Waals surface area contributed by atoms with Crippen LogP contribution in [0, 0.1) is 6.92 Å². The molecule has 0 aliphatic rings. The molecule has 1 heterocycles. The van der Waals surface area contributed by atoms with Gasteiger partial charge in [-0.15, -0.1) is 0 Å². The summed E-state index contributed by atoms with van der Waals surface area (Å²) in [4.78, 5) is 17.5. The largest absolute Gasteiger partial charge is 0.494 e. The number of aromatic nitrogens is 1. The van der Waals surface area contributed by atoms with Gasteiger partial charge in [-0.3, -0.25) is 4.79 Å². The molecule has 1 N–H and O–H groups in total. The van der Waals surface area contributed by atoms with Crippen LogP contribution in [-0.4, -0.2) is 23.3 Å². The zero-order valence-corrected chi connectivity index (χ0v) is 17.9. The van der Waals surface area contributed by atoms with E-state index in [1.807, 2.05) is 55.5 Å². The Kier molecular flexibility index (Phi) is 6.39. The Morgan fingerprint density at radius 2 is 2.00 bits per heavy atom. The van der Waals surface area contributed by atoms with E-state index in [-0.39, 0.29) is 11.2 Å². The normalized spacial score (nSPS) is 12.0. The number of halogens is 1. The van der Waals surface area contributed by atoms with E-state index in [4.69, 9.17) is 9.72 Å². The summed E-state index contributed by atoms with van der Waals surface area (Å²) in [5, 5.41) is 4.64. The quantitative estimate of drug-likeness (QED) is 0.486. The van der Waals surface area contributed by atoms with Crippen molar-refractivity contribution >= 4 is 50.2 Å². The Hall–Kier alpha value is -2.05. The van der Waals surface area contributed by atoms with Gasteiger partial charge in [-0.2, -0.15) is 0 Å². The summed E-state index contributed by atoms with van der Waals surface area (Å²) < 4.78 is 6.43. The molecule has 27 heavy (non-hydrogen) atoms. The fraction of sp³-hybridized carbons (Fsp3) is 0.238. The van der Waals surface area contributed by atoms with E-state index >= 15 is 0 Å². The summed E-state index contributed by atoms with van der Waals surface area (Å²) >= 11 is 4.88. The van der Waals surface area contributed by atoms with Gasteiger partial charge in [-0.25, -0.2) is 4.98 Å². The lowest BCUT2D eigenvalue weighted by molar-refractivity contribution is -0.115. The maximum absolute atomic E-state index is 12.7. The summed E-state index contributed by atoms with van der Waals surface area (Å²) in [7, 11) is 1.64. The van der Waals surface area contributed by atoms with Crippen molar-refractivity contribution in [1.82, 2.24) is 4.98 Å². The van der Waals surface area contributed by atoms with Crippen molar-refractivity contribution in [3.8, 4) is 5.75 Å². The molecular weight excluding hydrogens is 424 g/mol. The van der Waals surface area contributed by atoms with Gasteiger partial charge < -0.3 is 10.1 Å². The summed E-state index contributed by atoms with van der Waals surface area (Å²) in [6.45, 7) is 4.06. The summed E-state index contributed by atoms with van der Waals surface area (Å²) in [6.07, 6.45) is 0.706. The molecule has 1 atom stereocenters. The number of carbonyl (C=O) groups is 1. The summed E-state index contributed by atoms with van der Waals surface area (Å²) in [5.41, 5.74) is 2.72. The number of pyridine rings is 1. The zero-order valence-electron chi connectivity index (χ0n) is 15.5. The molecule has 1 amide bonds. The van der Waals surface area contributed by atoms with Crippen LogP contribution in [-0.2, 0) is 4.79 Å². The van der Waals surface area contributed by atoms with Crippen molar-refractivity contribution in [2.75, 3.05) is 12.4 Å². The van der Waals surface area contributed by atoms with E-state index < -0.39 is 0 Å². The highest BCUT2D eigenvalue weighted by Crippen LogP contribution is 2.32. The number of hydrogen-bond donors (Lipinski definition) is 1. The molecule has 0 aliphatic carbocycles. The lowest BCUT2D eigenvalue weighted by Gasteiger charge is -2.16. The average molecular weight is 445 g/mol. The molecule has 0 radical (unpaired) electrons. The van der Waals surface area contributed by atoms with E-state index in [2.05, 4.69) is 28.2 Å². The minimum absolute atomic E-state index is 0.0237. The number of anilines is 1. The van der Waals surface area contributed by atoms with Crippen LogP contribution in [0.2, 0.25) is 0 Å². The predicted molar refractivity (Wildman–Crippen MR) is 116 cm³/mol. The third-order valence-corrected chi connectivity index (χ3v) is 6.05. The third kappa shape index (κ3) is 4.62. The van der Waals surface area contributed by atoms with Crippen LogP contribution in [0.4, 0.5) is 5.69 Å². The first-order valence-electron chi connectivity index (χ1n) is 8.69. The summed E-state index contributed by atoms with van der Waals surface area (Å²) in [5.74, 6) is 0.717. The number of benzene rings is 2. The van der Waals surface area contributed by atoms with Gasteiger partial charge in [0.15, 0.2) is 0 Å². The second kappa shape index (κ2) is 8.76. The molecule has 140 valence electrons. The Labute approximate surface area is 171 Å². The zero-order chi connectivity index (χ0) is 19.4. The molecule has 3 rings (SSSR count). The highest BCUT2D eigenvalue weighted by atomic mass is 79.9. The average Bonchev–Trinajstić information content (AvgIpc) is 2.67. The molecule has 0 fully saturated rings. The predicted octanol–water partition coefficient (Wildman–Crippen LogP) is 5.82. The van der Waals surface area contributed by atoms with Gasteiger partial charge in [0, 0.05) is 15.5 Å². The van der Waals surface area contributed by atoms with E-state index in [0.29, 0.717) is 6.42 Å². The molecule has 1 aromatic heterocycles. The van der Waals surface area contributed by atoms with Crippen LogP contribution < -0.4 is 10.1 Å². The maximum Gasteiger partial charge on any atom is 0.237 e. The highest BCUT2D eigenvalue weighted by Gasteiger charge is 2.20. The van der Waals surface area contributed by atoms with E-state index in [9.17, 15) is 4.79 Å². The lowest BCUT2D eigenvalue weighted by atomic mass is 10.1. The van der Waals surface area contributed by atoms with Gasteiger partial charge in [0.25, 0.3) is 0 Å².